The Labute approximate surface area is 108 Å². The van der Waals surface area contributed by atoms with Crippen molar-refractivity contribution in [3.8, 4) is 0 Å². The van der Waals surface area contributed by atoms with Crippen molar-refractivity contribution in [1.29, 1.82) is 0 Å². The lowest BCUT2D eigenvalue weighted by Crippen LogP contribution is -2.41. The van der Waals surface area contributed by atoms with Crippen LogP contribution in [0.4, 0.5) is 0 Å². The Balaban J connectivity index is 1.89. The minimum atomic E-state index is -0.232. The second-order valence-electron chi connectivity index (χ2n) is 5.24. The number of primary amides is 1. The molecule has 0 aromatic carbocycles. The molecule has 2 rings (SSSR count). The number of likely N-dealkylation sites (tertiary alicyclic amines) is 1. The average molecular weight is 247 g/mol. The molecule has 2 N–H and O–H groups in total. The Morgan fingerprint density at radius 3 is 3.06 bits per heavy atom. The van der Waals surface area contributed by atoms with Gasteiger partial charge in [-0.2, -0.15) is 0 Å². The molecule has 1 saturated heterocycles. The van der Waals surface area contributed by atoms with Crippen LogP contribution in [0.3, 0.4) is 0 Å². The van der Waals surface area contributed by atoms with E-state index in [1.54, 1.807) is 0 Å². The number of hydrogen-bond acceptors (Lipinski definition) is 3. The lowest BCUT2D eigenvalue weighted by atomic mass is 9.93. The first-order valence-electron chi connectivity index (χ1n) is 6.55. The lowest BCUT2D eigenvalue weighted by molar-refractivity contribution is -0.119. The van der Waals surface area contributed by atoms with Crippen molar-refractivity contribution in [3.05, 3.63) is 29.6 Å². The highest BCUT2D eigenvalue weighted by atomic mass is 16.1. The molecule has 98 valence electrons. The molecule has 1 aliphatic rings. The van der Waals surface area contributed by atoms with Crippen LogP contribution in [0.25, 0.3) is 0 Å². The highest BCUT2D eigenvalue weighted by Crippen LogP contribution is 2.19. The summed E-state index contributed by atoms with van der Waals surface area (Å²) in [4.78, 5) is 17.5. The highest BCUT2D eigenvalue weighted by molar-refractivity contribution is 5.75. The van der Waals surface area contributed by atoms with Crippen molar-refractivity contribution in [2.45, 2.75) is 26.2 Å². The van der Waals surface area contributed by atoms with E-state index in [2.05, 4.69) is 22.0 Å². The molecular formula is C14H21N3O. The number of amides is 1. The first kappa shape index (κ1) is 13.0. The molecule has 0 saturated carbocycles. The van der Waals surface area contributed by atoms with Crippen LogP contribution in [0.15, 0.2) is 18.3 Å². The molecular weight excluding hydrogens is 226 g/mol. The number of pyridine rings is 1. The Morgan fingerprint density at radius 2 is 2.39 bits per heavy atom. The zero-order valence-corrected chi connectivity index (χ0v) is 10.9. The molecule has 0 radical (unpaired) electrons. The second-order valence-corrected chi connectivity index (χ2v) is 5.24. The first-order valence-corrected chi connectivity index (χ1v) is 6.55. The Kier molecular flexibility index (Phi) is 4.31. The van der Waals surface area contributed by atoms with E-state index < -0.39 is 0 Å². The molecule has 4 nitrogen and oxygen atoms in total. The van der Waals surface area contributed by atoms with E-state index in [1.807, 2.05) is 13.1 Å². The van der Waals surface area contributed by atoms with Gasteiger partial charge in [-0.3, -0.25) is 14.7 Å². The fourth-order valence-electron chi connectivity index (χ4n) is 2.60. The molecule has 1 fully saturated rings. The summed E-state index contributed by atoms with van der Waals surface area (Å²) in [5, 5.41) is 0. The van der Waals surface area contributed by atoms with E-state index in [0.717, 1.165) is 31.6 Å². The standard InChI is InChI=1S/C14H21N3O/c1-11-4-5-13(16-8-11)7-12-3-2-6-17(9-12)10-14(15)18/h4-5,8,12H,2-3,6-7,9-10H2,1H3,(H2,15,18). The van der Waals surface area contributed by atoms with Crippen molar-refractivity contribution in [2.24, 2.45) is 11.7 Å². The lowest BCUT2D eigenvalue weighted by Gasteiger charge is -2.31. The molecule has 1 aromatic heterocycles. The Bertz CT molecular complexity index is 402. The number of aromatic nitrogens is 1. The molecule has 18 heavy (non-hydrogen) atoms. The number of hydrogen-bond donors (Lipinski definition) is 1. The summed E-state index contributed by atoms with van der Waals surface area (Å²) >= 11 is 0. The third-order valence-electron chi connectivity index (χ3n) is 3.45. The van der Waals surface area contributed by atoms with Gasteiger partial charge in [0.15, 0.2) is 0 Å². The quantitative estimate of drug-likeness (QED) is 0.867. The maximum absolute atomic E-state index is 10.9. The molecule has 0 bridgehead atoms. The summed E-state index contributed by atoms with van der Waals surface area (Å²) in [6, 6.07) is 4.20. The summed E-state index contributed by atoms with van der Waals surface area (Å²) < 4.78 is 0. The highest BCUT2D eigenvalue weighted by Gasteiger charge is 2.21. The number of carbonyl (C=O) groups is 1. The van der Waals surface area contributed by atoms with Gasteiger partial charge in [0.2, 0.25) is 5.91 Å². The van der Waals surface area contributed by atoms with Gasteiger partial charge in [0, 0.05) is 18.4 Å². The fraction of sp³-hybridized carbons (Fsp3) is 0.571. The van der Waals surface area contributed by atoms with Crippen molar-refractivity contribution < 1.29 is 4.79 Å². The maximum Gasteiger partial charge on any atom is 0.231 e. The zero-order valence-electron chi connectivity index (χ0n) is 10.9. The third-order valence-corrected chi connectivity index (χ3v) is 3.45. The molecule has 4 heteroatoms. The molecule has 2 heterocycles. The van der Waals surface area contributed by atoms with E-state index >= 15 is 0 Å². The molecule has 0 spiro atoms. The van der Waals surface area contributed by atoms with Gasteiger partial charge in [-0.25, -0.2) is 0 Å². The van der Waals surface area contributed by atoms with E-state index in [-0.39, 0.29) is 5.91 Å². The number of carbonyl (C=O) groups excluding carboxylic acids is 1. The predicted octanol–water partition coefficient (Wildman–Crippen LogP) is 1.13. The number of rotatable bonds is 4. The third kappa shape index (κ3) is 3.81. The summed E-state index contributed by atoms with van der Waals surface area (Å²) in [5.74, 6) is 0.359. The number of nitrogens with zero attached hydrogens (tertiary/aromatic N) is 2. The van der Waals surface area contributed by atoms with Crippen molar-refractivity contribution in [1.82, 2.24) is 9.88 Å². The minimum absolute atomic E-state index is 0.232. The Morgan fingerprint density at radius 1 is 1.56 bits per heavy atom. The van der Waals surface area contributed by atoms with Crippen LogP contribution in [0, 0.1) is 12.8 Å². The van der Waals surface area contributed by atoms with Crippen LogP contribution < -0.4 is 5.73 Å². The molecule has 0 aliphatic carbocycles. The second kappa shape index (κ2) is 5.96. The summed E-state index contributed by atoms with van der Waals surface area (Å²) in [7, 11) is 0. The summed E-state index contributed by atoms with van der Waals surface area (Å²) in [5.41, 5.74) is 7.58. The van der Waals surface area contributed by atoms with E-state index in [4.69, 9.17) is 5.73 Å². The number of nitrogens with two attached hydrogens (primary N) is 1. The SMILES string of the molecule is Cc1ccc(CC2CCCN(CC(N)=O)C2)nc1. The molecule has 1 aromatic rings. The van der Waals surface area contributed by atoms with E-state index in [1.165, 1.54) is 12.0 Å². The zero-order chi connectivity index (χ0) is 13.0. The largest absolute Gasteiger partial charge is 0.369 e. The number of aryl methyl sites for hydroxylation is 1. The van der Waals surface area contributed by atoms with Gasteiger partial charge in [-0.1, -0.05) is 6.07 Å². The van der Waals surface area contributed by atoms with Gasteiger partial charge >= 0.3 is 0 Å². The van der Waals surface area contributed by atoms with E-state index in [0.29, 0.717) is 12.5 Å². The van der Waals surface area contributed by atoms with Crippen molar-refractivity contribution in [3.63, 3.8) is 0 Å². The Hall–Kier alpha value is -1.42. The van der Waals surface area contributed by atoms with Gasteiger partial charge in [0.25, 0.3) is 0 Å². The minimum Gasteiger partial charge on any atom is -0.369 e. The van der Waals surface area contributed by atoms with Crippen molar-refractivity contribution >= 4 is 5.91 Å². The molecule has 1 aliphatic heterocycles. The van der Waals surface area contributed by atoms with Gasteiger partial charge in [0.05, 0.1) is 6.54 Å². The molecule has 1 atom stereocenters. The van der Waals surface area contributed by atoms with Crippen LogP contribution in [-0.4, -0.2) is 35.4 Å². The van der Waals surface area contributed by atoms with Crippen LogP contribution >= 0.6 is 0 Å². The topological polar surface area (TPSA) is 59.2 Å². The monoisotopic (exact) mass is 247 g/mol. The number of piperidine rings is 1. The van der Waals surface area contributed by atoms with Gasteiger partial charge < -0.3 is 5.73 Å². The fourth-order valence-corrected chi connectivity index (χ4v) is 2.60. The maximum atomic E-state index is 10.9. The summed E-state index contributed by atoms with van der Waals surface area (Å²) in [6.07, 6.45) is 5.27. The van der Waals surface area contributed by atoms with Gasteiger partial charge in [-0.15, -0.1) is 0 Å². The van der Waals surface area contributed by atoms with Gasteiger partial charge in [0.1, 0.15) is 0 Å². The van der Waals surface area contributed by atoms with Crippen molar-refractivity contribution in [2.75, 3.05) is 19.6 Å². The molecule has 1 unspecified atom stereocenters. The smallest absolute Gasteiger partial charge is 0.231 e. The summed E-state index contributed by atoms with van der Waals surface area (Å²) in [6.45, 7) is 4.38. The van der Waals surface area contributed by atoms with Crippen LogP contribution in [0.2, 0.25) is 0 Å². The van der Waals surface area contributed by atoms with E-state index in [9.17, 15) is 4.79 Å². The first-order chi connectivity index (χ1) is 8.63. The van der Waals surface area contributed by atoms with Crippen LogP contribution in [-0.2, 0) is 11.2 Å². The van der Waals surface area contributed by atoms with Gasteiger partial charge in [-0.05, 0) is 50.3 Å². The normalized spacial score (nSPS) is 20.8. The van der Waals surface area contributed by atoms with Crippen LogP contribution in [0.1, 0.15) is 24.1 Å². The average Bonchev–Trinajstić information content (AvgIpc) is 2.32. The molecule has 1 amide bonds. The predicted molar refractivity (Wildman–Crippen MR) is 71.0 cm³/mol. The van der Waals surface area contributed by atoms with Crippen LogP contribution in [0.5, 0.6) is 0 Å².